The summed E-state index contributed by atoms with van der Waals surface area (Å²) in [4.78, 5) is 11.9. The fourth-order valence-corrected chi connectivity index (χ4v) is 5.14. The van der Waals surface area contributed by atoms with Gasteiger partial charge in [0, 0.05) is 11.3 Å². The van der Waals surface area contributed by atoms with Crippen LogP contribution in [0.25, 0.3) is 0 Å². The summed E-state index contributed by atoms with van der Waals surface area (Å²) in [6, 6.07) is 10.6. The summed E-state index contributed by atoms with van der Waals surface area (Å²) < 4.78 is 6.19. The van der Waals surface area contributed by atoms with Gasteiger partial charge in [-0.1, -0.05) is 30.4 Å². The quantitative estimate of drug-likeness (QED) is 0.355. The molecule has 4 heteroatoms. The van der Waals surface area contributed by atoms with Crippen molar-refractivity contribution in [1.29, 1.82) is 0 Å². The SMILES string of the molecule is O=C(O)CCC/C=C\C[C@@H]1[C@@H](CCSc2ccccc2)[C@@H]2CC[C@H]1O2. The zero-order chi connectivity index (χ0) is 17.5. The predicted molar refractivity (Wildman–Crippen MR) is 102 cm³/mol. The molecule has 25 heavy (non-hydrogen) atoms. The van der Waals surface area contributed by atoms with Crippen molar-refractivity contribution in [2.45, 2.75) is 62.0 Å². The molecule has 2 saturated heterocycles. The summed E-state index contributed by atoms with van der Waals surface area (Å²) in [6.07, 6.45) is 11.9. The zero-order valence-corrected chi connectivity index (χ0v) is 15.5. The number of carboxylic acids is 1. The van der Waals surface area contributed by atoms with E-state index in [4.69, 9.17) is 9.84 Å². The molecule has 1 aromatic rings. The second-order valence-electron chi connectivity index (χ2n) is 7.06. The monoisotopic (exact) mass is 360 g/mol. The normalized spacial score (nSPS) is 28.0. The molecule has 0 aromatic heterocycles. The second kappa shape index (κ2) is 9.44. The van der Waals surface area contributed by atoms with E-state index in [2.05, 4.69) is 42.5 Å². The molecule has 2 fully saturated rings. The van der Waals surface area contributed by atoms with E-state index in [1.165, 1.54) is 24.2 Å². The number of ether oxygens (including phenoxy) is 1. The number of thioether (sulfide) groups is 1. The van der Waals surface area contributed by atoms with Crippen molar-refractivity contribution in [3.63, 3.8) is 0 Å². The van der Waals surface area contributed by atoms with Crippen molar-refractivity contribution in [3.8, 4) is 0 Å². The Morgan fingerprint density at radius 2 is 1.92 bits per heavy atom. The molecule has 3 nitrogen and oxygen atoms in total. The first-order valence-corrected chi connectivity index (χ1v) is 10.4. The van der Waals surface area contributed by atoms with Gasteiger partial charge in [-0.3, -0.25) is 4.79 Å². The highest BCUT2D eigenvalue weighted by molar-refractivity contribution is 7.99. The third-order valence-corrected chi connectivity index (χ3v) is 6.44. The third-order valence-electron chi connectivity index (χ3n) is 5.39. The molecular weight excluding hydrogens is 332 g/mol. The van der Waals surface area contributed by atoms with Crippen molar-refractivity contribution < 1.29 is 14.6 Å². The first kappa shape index (κ1) is 18.5. The van der Waals surface area contributed by atoms with Crippen LogP contribution < -0.4 is 0 Å². The Morgan fingerprint density at radius 1 is 1.16 bits per heavy atom. The molecule has 2 heterocycles. The lowest BCUT2D eigenvalue weighted by atomic mass is 9.76. The third kappa shape index (κ3) is 5.35. The van der Waals surface area contributed by atoms with Gasteiger partial charge in [0.2, 0.25) is 0 Å². The number of rotatable bonds is 10. The Kier molecular flexibility index (Phi) is 7.00. The van der Waals surface area contributed by atoms with E-state index >= 15 is 0 Å². The maximum Gasteiger partial charge on any atom is 0.303 e. The number of unbranched alkanes of at least 4 members (excludes halogenated alkanes) is 1. The molecule has 2 aliphatic heterocycles. The van der Waals surface area contributed by atoms with Gasteiger partial charge in [-0.25, -0.2) is 0 Å². The minimum absolute atomic E-state index is 0.265. The molecule has 0 saturated carbocycles. The van der Waals surface area contributed by atoms with Gasteiger partial charge in [0.1, 0.15) is 0 Å². The van der Waals surface area contributed by atoms with Crippen LogP contribution in [0.2, 0.25) is 0 Å². The number of aliphatic carboxylic acids is 1. The lowest BCUT2D eigenvalue weighted by molar-refractivity contribution is -0.137. The van der Waals surface area contributed by atoms with Gasteiger partial charge in [-0.15, -0.1) is 11.8 Å². The molecule has 2 bridgehead atoms. The van der Waals surface area contributed by atoms with Crippen LogP contribution in [0.5, 0.6) is 0 Å². The Hall–Kier alpha value is -1.26. The summed E-state index contributed by atoms with van der Waals surface area (Å²) in [5.74, 6) is 1.77. The van der Waals surface area contributed by atoms with Gasteiger partial charge in [0.05, 0.1) is 12.2 Å². The zero-order valence-electron chi connectivity index (χ0n) is 14.7. The maximum absolute atomic E-state index is 10.5. The molecule has 0 aliphatic carbocycles. The van der Waals surface area contributed by atoms with E-state index in [1.807, 2.05) is 11.8 Å². The van der Waals surface area contributed by atoms with E-state index in [1.54, 1.807) is 0 Å². The average Bonchev–Trinajstić information content (AvgIpc) is 3.21. The minimum atomic E-state index is -0.703. The average molecular weight is 361 g/mol. The van der Waals surface area contributed by atoms with Crippen LogP contribution in [-0.2, 0) is 9.53 Å². The lowest BCUT2D eigenvalue weighted by Crippen LogP contribution is -2.27. The summed E-state index contributed by atoms with van der Waals surface area (Å²) in [5.41, 5.74) is 0. The summed E-state index contributed by atoms with van der Waals surface area (Å²) in [7, 11) is 0. The van der Waals surface area contributed by atoms with E-state index in [0.29, 0.717) is 24.0 Å². The van der Waals surface area contributed by atoms with Crippen LogP contribution in [0, 0.1) is 11.8 Å². The molecule has 4 atom stereocenters. The summed E-state index contributed by atoms with van der Waals surface area (Å²) in [6.45, 7) is 0. The Bertz CT molecular complexity index is 572. The van der Waals surface area contributed by atoms with Gasteiger partial charge >= 0.3 is 5.97 Å². The van der Waals surface area contributed by atoms with Crippen molar-refractivity contribution in [2.24, 2.45) is 11.8 Å². The summed E-state index contributed by atoms with van der Waals surface area (Å²) >= 11 is 1.95. The van der Waals surface area contributed by atoms with E-state index < -0.39 is 5.97 Å². The van der Waals surface area contributed by atoms with Gasteiger partial charge in [0.15, 0.2) is 0 Å². The van der Waals surface area contributed by atoms with Crippen LogP contribution in [-0.4, -0.2) is 29.0 Å². The number of carbonyl (C=O) groups is 1. The van der Waals surface area contributed by atoms with E-state index in [9.17, 15) is 4.79 Å². The van der Waals surface area contributed by atoms with Gasteiger partial charge in [-0.05, 0) is 68.2 Å². The van der Waals surface area contributed by atoms with Gasteiger partial charge < -0.3 is 9.84 Å². The smallest absolute Gasteiger partial charge is 0.303 e. The number of benzene rings is 1. The van der Waals surface area contributed by atoms with Crippen molar-refractivity contribution in [1.82, 2.24) is 0 Å². The lowest BCUT2D eigenvalue weighted by Gasteiger charge is -2.27. The number of hydrogen-bond acceptors (Lipinski definition) is 3. The van der Waals surface area contributed by atoms with Crippen LogP contribution in [0.4, 0.5) is 0 Å². The Balaban J connectivity index is 1.43. The Morgan fingerprint density at radius 3 is 2.68 bits per heavy atom. The highest BCUT2D eigenvalue weighted by atomic mass is 32.2. The highest BCUT2D eigenvalue weighted by Crippen LogP contribution is 2.47. The predicted octanol–water partition coefficient (Wildman–Crippen LogP) is 5.16. The standard InChI is InChI=1S/C21H28O3S/c22-21(23)11-7-2-1-6-10-17-18(20-13-12-19(17)24-20)14-15-25-16-8-4-3-5-9-16/h1,3-6,8-9,17-20H,2,7,10-15H2,(H,22,23)/b6-1-/t17-,18-,19-,20+/m1/s1. The van der Waals surface area contributed by atoms with Crippen LogP contribution in [0.15, 0.2) is 47.4 Å². The van der Waals surface area contributed by atoms with Gasteiger partial charge in [0.25, 0.3) is 0 Å². The van der Waals surface area contributed by atoms with Crippen LogP contribution in [0.3, 0.4) is 0 Å². The number of fused-ring (bicyclic) bond motifs is 2. The van der Waals surface area contributed by atoms with Crippen molar-refractivity contribution >= 4 is 17.7 Å². The minimum Gasteiger partial charge on any atom is -0.481 e. The molecule has 0 spiro atoms. The molecule has 1 N–H and O–H groups in total. The molecular formula is C21H28O3S. The molecule has 1 aromatic carbocycles. The van der Waals surface area contributed by atoms with E-state index in [-0.39, 0.29) is 6.42 Å². The fraction of sp³-hybridized carbons (Fsp3) is 0.571. The van der Waals surface area contributed by atoms with E-state index in [0.717, 1.165) is 25.0 Å². The largest absolute Gasteiger partial charge is 0.481 e. The molecule has 0 amide bonds. The molecule has 0 radical (unpaired) electrons. The fourth-order valence-electron chi connectivity index (χ4n) is 4.17. The Labute approximate surface area is 154 Å². The van der Waals surface area contributed by atoms with Crippen LogP contribution >= 0.6 is 11.8 Å². The number of allylic oxidation sites excluding steroid dienone is 2. The molecule has 2 aliphatic rings. The van der Waals surface area contributed by atoms with Gasteiger partial charge in [-0.2, -0.15) is 0 Å². The highest BCUT2D eigenvalue weighted by Gasteiger charge is 2.47. The molecule has 3 rings (SSSR count). The van der Waals surface area contributed by atoms with Crippen molar-refractivity contribution in [3.05, 3.63) is 42.5 Å². The number of hydrogen-bond donors (Lipinski definition) is 1. The molecule has 0 unspecified atom stereocenters. The second-order valence-corrected chi connectivity index (χ2v) is 8.23. The maximum atomic E-state index is 10.5. The first-order chi connectivity index (χ1) is 12.2. The topological polar surface area (TPSA) is 46.5 Å². The number of carboxylic acid groups (broad SMARTS) is 1. The summed E-state index contributed by atoms with van der Waals surface area (Å²) in [5, 5.41) is 8.67. The van der Waals surface area contributed by atoms with Crippen molar-refractivity contribution in [2.75, 3.05) is 5.75 Å². The van der Waals surface area contributed by atoms with Crippen LogP contribution in [0.1, 0.15) is 44.9 Å². The first-order valence-electron chi connectivity index (χ1n) is 9.44. The molecule has 136 valence electrons.